The molecule has 10 heteroatoms. The Morgan fingerprint density at radius 3 is 2.57 bits per heavy atom. The number of hydrogen-bond acceptors (Lipinski definition) is 8. The quantitative estimate of drug-likeness (QED) is 0.655. The Labute approximate surface area is 172 Å². The van der Waals surface area contributed by atoms with Crippen LogP contribution in [-0.2, 0) is 25.5 Å². The summed E-state index contributed by atoms with van der Waals surface area (Å²) < 4.78 is 21.1. The summed E-state index contributed by atoms with van der Waals surface area (Å²) >= 11 is 0. The first-order valence-electron chi connectivity index (χ1n) is 9.41. The van der Waals surface area contributed by atoms with E-state index in [1.165, 1.54) is 0 Å². The van der Waals surface area contributed by atoms with E-state index in [1.807, 2.05) is 0 Å². The van der Waals surface area contributed by atoms with Crippen molar-refractivity contribution in [2.75, 3.05) is 13.2 Å². The molecule has 1 aliphatic rings. The Kier molecular flexibility index (Phi) is 6.24. The number of aryl methyl sites for hydroxylation is 3. The van der Waals surface area contributed by atoms with Crippen LogP contribution in [0.3, 0.4) is 0 Å². The van der Waals surface area contributed by atoms with Crippen molar-refractivity contribution in [1.29, 1.82) is 0 Å². The maximum absolute atomic E-state index is 12.6. The predicted octanol–water partition coefficient (Wildman–Crippen LogP) is 2.15. The summed E-state index contributed by atoms with van der Waals surface area (Å²) in [6, 6.07) is 1.95. The van der Waals surface area contributed by atoms with Gasteiger partial charge in [0.15, 0.2) is 0 Å². The Hall–Kier alpha value is -3.56. The van der Waals surface area contributed by atoms with Crippen molar-refractivity contribution in [2.45, 2.75) is 40.2 Å². The molecular weight excluding hydrogens is 394 g/mol. The molecule has 30 heavy (non-hydrogen) atoms. The summed E-state index contributed by atoms with van der Waals surface area (Å²) in [5.74, 6) is 0.303. The molecule has 2 amide bonds. The summed E-state index contributed by atoms with van der Waals surface area (Å²) in [4.78, 5) is 37.1. The first kappa shape index (κ1) is 21.2. The van der Waals surface area contributed by atoms with Crippen LogP contribution < -0.4 is 10.6 Å². The highest BCUT2D eigenvalue weighted by Gasteiger charge is 2.36. The Bertz CT molecular complexity index is 982. The molecule has 3 heterocycles. The number of furan rings is 1. The van der Waals surface area contributed by atoms with E-state index in [4.69, 9.17) is 18.4 Å². The van der Waals surface area contributed by atoms with Crippen molar-refractivity contribution in [3.8, 4) is 0 Å². The van der Waals surface area contributed by atoms with E-state index in [2.05, 4.69) is 15.8 Å². The number of carbonyl (C=O) groups is 3. The fraction of sp³-hybridized carbons (Fsp3) is 0.400. The molecule has 2 aromatic heterocycles. The average Bonchev–Trinajstić information content (AvgIpc) is 3.26. The summed E-state index contributed by atoms with van der Waals surface area (Å²) in [7, 11) is 0. The maximum atomic E-state index is 12.6. The molecule has 2 aromatic rings. The van der Waals surface area contributed by atoms with Crippen LogP contribution in [0.4, 0.5) is 4.79 Å². The maximum Gasteiger partial charge on any atom is 0.338 e. The lowest BCUT2D eigenvalue weighted by molar-refractivity contribution is -0.143. The Morgan fingerprint density at radius 1 is 1.20 bits per heavy atom. The number of amides is 2. The molecule has 160 valence electrons. The van der Waals surface area contributed by atoms with Crippen molar-refractivity contribution in [1.82, 2.24) is 15.8 Å². The van der Waals surface area contributed by atoms with Gasteiger partial charge in [0.05, 0.1) is 30.0 Å². The van der Waals surface area contributed by atoms with Gasteiger partial charge in [0.25, 0.3) is 0 Å². The van der Waals surface area contributed by atoms with Crippen LogP contribution >= 0.6 is 0 Å². The molecule has 0 fully saturated rings. The first-order valence-corrected chi connectivity index (χ1v) is 9.41. The van der Waals surface area contributed by atoms with Crippen molar-refractivity contribution in [3.63, 3.8) is 0 Å². The Morgan fingerprint density at radius 2 is 1.97 bits per heavy atom. The molecule has 0 saturated heterocycles. The smallest absolute Gasteiger partial charge is 0.338 e. The number of nitrogens with zero attached hydrogens (tertiary/aromatic N) is 1. The minimum atomic E-state index is -0.872. The SMILES string of the molecule is CCOC(=O)C1=C(COC(=O)Cc2c(C)noc2C)NC(=O)NC1c1ccc(C)o1. The van der Waals surface area contributed by atoms with E-state index in [1.54, 1.807) is 39.8 Å². The monoisotopic (exact) mass is 417 g/mol. The summed E-state index contributed by atoms with van der Waals surface area (Å²) in [5, 5.41) is 8.97. The van der Waals surface area contributed by atoms with E-state index in [0.717, 1.165) is 0 Å². The first-order chi connectivity index (χ1) is 14.3. The van der Waals surface area contributed by atoms with Gasteiger partial charge in [-0.05, 0) is 39.8 Å². The number of rotatable bonds is 7. The molecule has 0 aliphatic carbocycles. The van der Waals surface area contributed by atoms with Gasteiger partial charge in [-0.15, -0.1) is 0 Å². The summed E-state index contributed by atoms with van der Waals surface area (Å²) in [6.45, 7) is 6.66. The van der Waals surface area contributed by atoms with Gasteiger partial charge in [-0.25, -0.2) is 9.59 Å². The van der Waals surface area contributed by atoms with Crippen molar-refractivity contribution >= 4 is 18.0 Å². The number of nitrogens with one attached hydrogen (secondary N) is 2. The third-order valence-corrected chi connectivity index (χ3v) is 4.57. The summed E-state index contributed by atoms with van der Waals surface area (Å²) in [6.07, 6.45) is -0.0454. The van der Waals surface area contributed by atoms with Crippen molar-refractivity contribution in [3.05, 3.63) is 51.9 Å². The lowest BCUT2D eigenvalue weighted by atomic mass is 10.0. The van der Waals surface area contributed by atoms with Crippen LogP contribution in [0.2, 0.25) is 0 Å². The van der Waals surface area contributed by atoms with E-state index in [-0.39, 0.29) is 30.9 Å². The van der Waals surface area contributed by atoms with Gasteiger partial charge < -0.3 is 29.0 Å². The molecule has 2 N–H and O–H groups in total. The van der Waals surface area contributed by atoms with Crippen LogP contribution in [-0.4, -0.2) is 36.3 Å². The fourth-order valence-electron chi connectivity index (χ4n) is 3.11. The third kappa shape index (κ3) is 4.53. The molecule has 3 rings (SSSR count). The van der Waals surface area contributed by atoms with Crippen LogP contribution in [0.25, 0.3) is 0 Å². The second-order valence-corrected chi connectivity index (χ2v) is 6.73. The van der Waals surface area contributed by atoms with Gasteiger partial charge in [0.1, 0.15) is 29.9 Å². The molecule has 1 aliphatic heterocycles. The predicted molar refractivity (Wildman–Crippen MR) is 102 cm³/mol. The zero-order chi connectivity index (χ0) is 21.8. The lowest BCUT2D eigenvalue weighted by Crippen LogP contribution is -2.47. The van der Waals surface area contributed by atoms with Crippen LogP contribution in [0.1, 0.15) is 41.5 Å². The van der Waals surface area contributed by atoms with Crippen molar-refractivity contribution < 1.29 is 32.8 Å². The zero-order valence-electron chi connectivity index (χ0n) is 17.2. The molecule has 10 nitrogen and oxygen atoms in total. The number of hydrogen-bond donors (Lipinski definition) is 2. The number of urea groups is 1. The van der Waals surface area contributed by atoms with Gasteiger partial charge in [-0.1, -0.05) is 5.16 Å². The number of esters is 2. The van der Waals surface area contributed by atoms with Crippen LogP contribution in [0.5, 0.6) is 0 Å². The van der Waals surface area contributed by atoms with E-state index >= 15 is 0 Å². The highest BCUT2D eigenvalue weighted by molar-refractivity contribution is 5.95. The van der Waals surface area contributed by atoms with Gasteiger partial charge in [-0.3, -0.25) is 4.79 Å². The molecule has 0 bridgehead atoms. The standard InChI is InChI=1S/C20H23N3O7/c1-5-27-19(25)17-14(9-28-16(24)8-13-11(3)23-30-12(13)4)21-20(26)22-18(17)15-7-6-10(2)29-15/h6-7,18H,5,8-9H2,1-4H3,(H2,21,22,26). The second-order valence-electron chi connectivity index (χ2n) is 6.73. The number of carbonyl (C=O) groups excluding carboxylic acids is 3. The van der Waals surface area contributed by atoms with Gasteiger partial charge in [0.2, 0.25) is 0 Å². The highest BCUT2D eigenvalue weighted by atomic mass is 16.5. The van der Waals surface area contributed by atoms with E-state index < -0.39 is 24.0 Å². The minimum Gasteiger partial charge on any atom is -0.464 e. The van der Waals surface area contributed by atoms with Gasteiger partial charge in [0, 0.05) is 5.56 Å². The molecule has 0 spiro atoms. The molecule has 0 saturated carbocycles. The van der Waals surface area contributed by atoms with Crippen LogP contribution in [0, 0.1) is 20.8 Å². The second kappa shape index (κ2) is 8.85. The zero-order valence-corrected chi connectivity index (χ0v) is 17.2. The number of ether oxygens (including phenoxy) is 2. The van der Waals surface area contributed by atoms with Crippen molar-refractivity contribution in [2.24, 2.45) is 0 Å². The largest absolute Gasteiger partial charge is 0.464 e. The van der Waals surface area contributed by atoms with Gasteiger partial charge >= 0.3 is 18.0 Å². The van der Waals surface area contributed by atoms with E-state index in [0.29, 0.717) is 28.5 Å². The molecule has 1 atom stereocenters. The average molecular weight is 417 g/mol. The highest BCUT2D eigenvalue weighted by Crippen LogP contribution is 2.29. The fourth-order valence-corrected chi connectivity index (χ4v) is 3.11. The molecule has 1 unspecified atom stereocenters. The van der Waals surface area contributed by atoms with E-state index in [9.17, 15) is 14.4 Å². The Balaban J connectivity index is 1.84. The molecular formula is C20H23N3O7. The van der Waals surface area contributed by atoms with Crippen LogP contribution in [0.15, 0.2) is 32.3 Å². The lowest BCUT2D eigenvalue weighted by Gasteiger charge is -2.27. The van der Waals surface area contributed by atoms with Gasteiger partial charge in [-0.2, -0.15) is 0 Å². The molecule has 0 radical (unpaired) electrons. The topological polar surface area (TPSA) is 133 Å². The molecule has 0 aromatic carbocycles. The normalized spacial score (nSPS) is 16.1. The minimum absolute atomic E-state index is 0.0454. The summed E-state index contributed by atoms with van der Waals surface area (Å²) in [5.41, 5.74) is 1.47. The third-order valence-electron chi connectivity index (χ3n) is 4.57. The number of aromatic nitrogens is 1.